The molecule has 2 N–H and O–H groups in total. The predicted octanol–water partition coefficient (Wildman–Crippen LogP) is 3.51. The number of nitrogens with zero attached hydrogens (tertiary/aromatic N) is 1. The number of ether oxygens (including phenoxy) is 1. The van der Waals surface area contributed by atoms with E-state index in [1.54, 1.807) is 12.4 Å². The highest BCUT2D eigenvalue weighted by Gasteiger charge is 2.16. The van der Waals surface area contributed by atoms with E-state index in [0.717, 1.165) is 22.5 Å². The molecule has 0 aliphatic carbocycles. The molecule has 1 aromatic heterocycles. The molecule has 0 aliphatic heterocycles. The predicted molar refractivity (Wildman–Crippen MR) is 101 cm³/mol. The Labute approximate surface area is 153 Å². The highest BCUT2D eigenvalue weighted by molar-refractivity contribution is 5.78. The normalized spacial score (nSPS) is 11.8. The lowest BCUT2D eigenvalue weighted by atomic mass is 10.0. The van der Waals surface area contributed by atoms with Crippen LogP contribution in [0.4, 0.5) is 0 Å². The number of aryl methyl sites for hydroxylation is 2. The van der Waals surface area contributed by atoms with E-state index in [1.165, 1.54) is 0 Å². The molecule has 3 aromatic rings. The lowest BCUT2D eigenvalue weighted by Crippen LogP contribution is -2.34. The van der Waals surface area contributed by atoms with Crippen LogP contribution >= 0.6 is 0 Å². The van der Waals surface area contributed by atoms with E-state index in [2.05, 4.69) is 21.4 Å². The Morgan fingerprint density at radius 2 is 1.88 bits per heavy atom. The van der Waals surface area contributed by atoms with Crippen molar-refractivity contribution >= 4 is 5.91 Å². The van der Waals surface area contributed by atoms with E-state index in [-0.39, 0.29) is 18.6 Å². The molecule has 0 saturated carbocycles. The third-order valence-corrected chi connectivity index (χ3v) is 4.05. The van der Waals surface area contributed by atoms with Gasteiger partial charge in [-0.15, -0.1) is 0 Å². The quantitative estimate of drug-likeness (QED) is 0.686. The summed E-state index contributed by atoms with van der Waals surface area (Å²) in [5.41, 5.74) is 3.25. The fourth-order valence-electron chi connectivity index (χ4n) is 2.94. The van der Waals surface area contributed by atoms with E-state index in [1.807, 2.05) is 56.3 Å². The maximum Gasteiger partial charge on any atom is 0.258 e. The first-order valence-electron chi connectivity index (χ1n) is 8.64. The lowest BCUT2D eigenvalue weighted by molar-refractivity contribution is -0.123. The molecule has 1 amide bonds. The Balaban J connectivity index is 1.65. The summed E-state index contributed by atoms with van der Waals surface area (Å²) < 4.78 is 5.67. The third kappa shape index (κ3) is 4.96. The molecule has 3 rings (SSSR count). The molecule has 0 spiro atoms. The topological polar surface area (TPSA) is 67.0 Å². The van der Waals surface area contributed by atoms with Crippen molar-refractivity contribution in [3.05, 3.63) is 83.4 Å². The van der Waals surface area contributed by atoms with E-state index >= 15 is 0 Å². The lowest BCUT2D eigenvalue weighted by Gasteiger charge is -2.18. The minimum Gasteiger partial charge on any atom is -0.484 e. The van der Waals surface area contributed by atoms with E-state index in [4.69, 9.17) is 4.74 Å². The molecule has 26 heavy (non-hydrogen) atoms. The first-order chi connectivity index (χ1) is 12.6. The van der Waals surface area contributed by atoms with Gasteiger partial charge >= 0.3 is 0 Å². The van der Waals surface area contributed by atoms with Crippen LogP contribution in [0.1, 0.15) is 28.6 Å². The van der Waals surface area contributed by atoms with Crippen molar-refractivity contribution in [3.63, 3.8) is 0 Å². The van der Waals surface area contributed by atoms with Crippen LogP contribution in [0.2, 0.25) is 0 Å². The fraction of sp³-hybridized carbons (Fsp3) is 0.238. The number of imidazole rings is 1. The summed E-state index contributed by atoms with van der Waals surface area (Å²) in [4.78, 5) is 19.8. The monoisotopic (exact) mass is 349 g/mol. The maximum absolute atomic E-state index is 12.4. The maximum atomic E-state index is 12.4. The SMILES string of the molecule is Cc1cc(C)cc(OCC(=O)N[C@H](Cc2ncc[nH]2)c2ccccc2)c1. The largest absolute Gasteiger partial charge is 0.484 e. The molecule has 0 bridgehead atoms. The Morgan fingerprint density at radius 3 is 2.54 bits per heavy atom. The molecule has 1 heterocycles. The van der Waals surface area contributed by atoms with Crippen LogP contribution in [0, 0.1) is 13.8 Å². The molecular weight excluding hydrogens is 326 g/mol. The number of aromatic amines is 1. The van der Waals surface area contributed by atoms with Crippen molar-refractivity contribution in [1.82, 2.24) is 15.3 Å². The highest BCUT2D eigenvalue weighted by atomic mass is 16.5. The van der Waals surface area contributed by atoms with Gasteiger partial charge in [0, 0.05) is 18.8 Å². The third-order valence-electron chi connectivity index (χ3n) is 4.05. The highest BCUT2D eigenvalue weighted by Crippen LogP contribution is 2.18. The zero-order valence-electron chi connectivity index (χ0n) is 15.0. The first kappa shape index (κ1) is 17.7. The summed E-state index contributed by atoms with van der Waals surface area (Å²) in [5.74, 6) is 1.37. The number of carbonyl (C=O) groups excluding carboxylic acids is 1. The van der Waals surface area contributed by atoms with E-state index in [0.29, 0.717) is 12.2 Å². The number of nitrogens with one attached hydrogen (secondary N) is 2. The van der Waals surface area contributed by atoms with Crippen LogP contribution < -0.4 is 10.1 Å². The summed E-state index contributed by atoms with van der Waals surface area (Å²) in [5, 5.41) is 3.05. The zero-order chi connectivity index (χ0) is 18.4. The van der Waals surface area contributed by atoms with Crippen molar-refractivity contribution < 1.29 is 9.53 Å². The van der Waals surface area contributed by atoms with Crippen molar-refractivity contribution in [3.8, 4) is 5.75 Å². The molecule has 0 fully saturated rings. The second-order valence-electron chi connectivity index (χ2n) is 6.38. The average molecular weight is 349 g/mol. The number of benzene rings is 2. The van der Waals surface area contributed by atoms with Crippen LogP contribution in [0.3, 0.4) is 0 Å². The Hall–Kier alpha value is -3.08. The van der Waals surface area contributed by atoms with Crippen LogP contribution in [-0.4, -0.2) is 22.5 Å². The van der Waals surface area contributed by atoms with Gasteiger partial charge in [-0.2, -0.15) is 0 Å². The first-order valence-corrected chi connectivity index (χ1v) is 8.64. The number of aromatic nitrogens is 2. The van der Waals surface area contributed by atoms with Gasteiger partial charge in [-0.1, -0.05) is 36.4 Å². The Kier molecular flexibility index (Phi) is 5.69. The van der Waals surface area contributed by atoms with Gasteiger partial charge in [-0.25, -0.2) is 4.98 Å². The smallest absolute Gasteiger partial charge is 0.258 e. The van der Waals surface area contributed by atoms with E-state index in [9.17, 15) is 4.79 Å². The number of H-pyrrole nitrogens is 1. The van der Waals surface area contributed by atoms with Crippen LogP contribution in [0.25, 0.3) is 0 Å². The van der Waals surface area contributed by atoms with Crippen molar-refractivity contribution in [2.24, 2.45) is 0 Å². The molecule has 0 radical (unpaired) electrons. The summed E-state index contributed by atoms with van der Waals surface area (Å²) in [6.45, 7) is 3.99. The molecule has 0 aliphatic rings. The average Bonchev–Trinajstić information content (AvgIpc) is 3.12. The fourth-order valence-corrected chi connectivity index (χ4v) is 2.94. The van der Waals surface area contributed by atoms with Crippen molar-refractivity contribution in [2.45, 2.75) is 26.3 Å². The zero-order valence-corrected chi connectivity index (χ0v) is 15.0. The van der Waals surface area contributed by atoms with Crippen LogP contribution in [0.5, 0.6) is 5.75 Å². The summed E-state index contributed by atoms with van der Waals surface area (Å²) in [6, 6.07) is 15.6. The Bertz CT molecular complexity index is 825. The van der Waals surface area contributed by atoms with Gasteiger partial charge in [-0.3, -0.25) is 4.79 Å². The van der Waals surface area contributed by atoms with Gasteiger partial charge in [0.15, 0.2) is 6.61 Å². The van der Waals surface area contributed by atoms with Gasteiger partial charge < -0.3 is 15.0 Å². The molecule has 134 valence electrons. The molecule has 5 heteroatoms. The van der Waals surface area contributed by atoms with Crippen LogP contribution in [0.15, 0.2) is 60.9 Å². The van der Waals surface area contributed by atoms with Crippen molar-refractivity contribution in [2.75, 3.05) is 6.61 Å². The summed E-state index contributed by atoms with van der Waals surface area (Å²) in [6.07, 6.45) is 4.08. The van der Waals surface area contributed by atoms with Gasteiger partial charge in [0.1, 0.15) is 11.6 Å². The number of amides is 1. The second kappa shape index (κ2) is 8.34. The molecule has 5 nitrogen and oxygen atoms in total. The summed E-state index contributed by atoms with van der Waals surface area (Å²) >= 11 is 0. The standard InChI is InChI=1S/C21H23N3O2/c1-15-10-16(2)12-18(11-15)26-14-21(25)24-19(13-20-22-8-9-23-20)17-6-4-3-5-7-17/h3-12,19H,13-14H2,1-2H3,(H,22,23)(H,24,25)/t19-/m1/s1. The number of rotatable bonds is 7. The summed E-state index contributed by atoms with van der Waals surface area (Å²) in [7, 11) is 0. The Morgan fingerprint density at radius 1 is 1.15 bits per heavy atom. The minimum atomic E-state index is -0.169. The van der Waals surface area contributed by atoms with Gasteiger partial charge in [0.05, 0.1) is 6.04 Å². The number of hydrogen-bond donors (Lipinski definition) is 2. The molecule has 2 aromatic carbocycles. The van der Waals surface area contributed by atoms with Gasteiger partial charge in [0.2, 0.25) is 0 Å². The molecule has 1 atom stereocenters. The van der Waals surface area contributed by atoms with E-state index < -0.39 is 0 Å². The van der Waals surface area contributed by atoms with Crippen molar-refractivity contribution in [1.29, 1.82) is 0 Å². The van der Waals surface area contributed by atoms with Crippen LogP contribution in [-0.2, 0) is 11.2 Å². The molecule has 0 saturated heterocycles. The minimum absolute atomic E-state index is 0.0234. The second-order valence-corrected chi connectivity index (χ2v) is 6.38. The van der Waals surface area contributed by atoms with Gasteiger partial charge in [-0.05, 0) is 42.7 Å². The number of carbonyl (C=O) groups is 1. The number of hydrogen-bond acceptors (Lipinski definition) is 3. The molecular formula is C21H23N3O2. The van der Waals surface area contributed by atoms with Gasteiger partial charge in [0.25, 0.3) is 5.91 Å². The molecule has 0 unspecified atom stereocenters.